The summed E-state index contributed by atoms with van der Waals surface area (Å²) in [6.07, 6.45) is 6.75. The van der Waals surface area contributed by atoms with E-state index in [0.29, 0.717) is 0 Å². The Labute approximate surface area is 137 Å². The Morgan fingerprint density at radius 3 is 2.57 bits per heavy atom. The summed E-state index contributed by atoms with van der Waals surface area (Å²) in [5.74, 6) is 0.00460. The van der Waals surface area contributed by atoms with Crippen molar-refractivity contribution in [3.8, 4) is 0 Å². The van der Waals surface area contributed by atoms with E-state index in [2.05, 4.69) is 16.4 Å². The van der Waals surface area contributed by atoms with Crippen LogP contribution in [0.25, 0.3) is 0 Å². The summed E-state index contributed by atoms with van der Waals surface area (Å²) in [4.78, 5) is 6.42. The molecule has 4 heteroatoms. The molecule has 2 aromatic rings. The first-order chi connectivity index (χ1) is 11.2. The highest BCUT2D eigenvalue weighted by Crippen LogP contribution is 2.29. The molecule has 1 aliphatic heterocycles. The SMILES string of the molecule is NC1CCCN([CH]CC(c2ccncc2)c2ccc(F)cc2)C1. The molecule has 0 aliphatic carbocycles. The number of hydrogen-bond donors (Lipinski definition) is 1. The van der Waals surface area contributed by atoms with Gasteiger partial charge < -0.3 is 5.73 Å². The molecule has 2 atom stereocenters. The minimum atomic E-state index is -0.201. The highest BCUT2D eigenvalue weighted by atomic mass is 19.1. The molecule has 3 rings (SSSR count). The molecule has 1 fully saturated rings. The molecule has 23 heavy (non-hydrogen) atoms. The summed E-state index contributed by atoms with van der Waals surface area (Å²) >= 11 is 0. The van der Waals surface area contributed by atoms with Gasteiger partial charge in [0.2, 0.25) is 0 Å². The van der Waals surface area contributed by atoms with Crippen molar-refractivity contribution < 1.29 is 4.39 Å². The first-order valence-corrected chi connectivity index (χ1v) is 8.21. The van der Waals surface area contributed by atoms with Crippen LogP contribution in [0, 0.1) is 12.4 Å². The lowest BCUT2D eigenvalue weighted by molar-refractivity contribution is 0.244. The number of piperidine rings is 1. The summed E-state index contributed by atoms with van der Waals surface area (Å²) in [6, 6.07) is 11.1. The number of halogens is 1. The summed E-state index contributed by atoms with van der Waals surface area (Å²) < 4.78 is 13.2. The van der Waals surface area contributed by atoms with Crippen LogP contribution in [0.2, 0.25) is 0 Å². The quantitative estimate of drug-likeness (QED) is 0.921. The van der Waals surface area contributed by atoms with Gasteiger partial charge in [-0.1, -0.05) is 12.1 Å². The normalized spacial score (nSPS) is 20.3. The topological polar surface area (TPSA) is 42.1 Å². The zero-order chi connectivity index (χ0) is 16.1. The van der Waals surface area contributed by atoms with Gasteiger partial charge >= 0.3 is 0 Å². The lowest BCUT2D eigenvalue weighted by Gasteiger charge is -2.31. The van der Waals surface area contributed by atoms with Gasteiger partial charge in [-0.25, -0.2) is 4.39 Å². The summed E-state index contributed by atoms with van der Waals surface area (Å²) in [6.45, 7) is 4.25. The number of benzene rings is 1. The fourth-order valence-electron chi connectivity index (χ4n) is 3.22. The highest BCUT2D eigenvalue weighted by molar-refractivity contribution is 5.31. The van der Waals surface area contributed by atoms with E-state index in [0.717, 1.165) is 37.9 Å². The van der Waals surface area contributed by atoms with E-state index in [1.54, 1.807) is 0 Å². The molecule has 1 aromatic heterocycles. The fraction of sp³-hybridized carbons (Fsp3) is 0.368. The average molecular weight is 312 g/mol. The second-order valence-corrected chi connectivity index (χ2v) is 6.20. The lowest BCUT2D eigenvalue weighted by Crippen LogP contribution is -2.41. The average Bonchev–Trinajstić information content (AvgIpc) is 2.58. The van der Waals surface area contributed by atoms with Crippen LogP contribution in [0.5, 0.6) is 0 Å². The predicted octanol–water partition coefficient (Wildman–Crippen LogP) is 3.33. The molecule has 2 unspecified atom stereocenters. The third-order valence-electron chi connectivity index (χ3n) is 4.47. The Bertz CT molecular complexity index is 600. The Kier molecular flexibility index (Phi) is 5.36. The van der Waals surface area contributed by atoms with Crippen molar-refractivity contribution in [2.45, 2.75) is 31.2 Å². The maximum atomic E-state index is 13.2. The first-order valence-electron chi connectivity index (χ1n) is 8.21. The van der Waals surface area contributed by atoms with Crippen LogP contribution in [-0.2, 0) is 0 Å². The number of pyridine rings is 1. The lowest BCUT2D eigenvalue weighted by atomic mass is 9.88. The smallest absolute Gasteiger partial charge is 0.123 e. The summed E-state index contributed by atoms with van der Waals surface area (Å²) in [5, 5.41) is 0. The van der Waals surface area contributed by atoms with Crippen molar-refractivity contribution in [3.05, 3.63) is 72.3 Å². The molecule has 0 saturated carbocycles. The molecular weight excluding hydrogens is 289 g/mol. The molecule has 0 spiro atoms. The molecule has 3 nitrogen and oxygen atoms in total. The molecule has 1 radical (unpaired) electrons. The second-order valence-electron chi connectivity index (χ2n) is 6.20. The molecule has 0 bridgehead atoms. The molecule has 1 saturated heterocycles. The molecule has 1 aliphatic rings. The number of aromatic nitrogens is 1. The number of nitrogens with two attached hydrogens (primary N) is 1. The van der Waals surface area contributed by atoms with Crippen LogP contribution in [0.15, 0.2) is 48.8 Å². The van der Waals surface area contributed by atoms with Gasteiger partial charge in [0.25, 0.3) is 0 Å². The third kappa shape index (κ3) is 4.36. The van der Waals surface area contributed by atoms with E-state index in [4.69, 9.17) is 5.73 Å². The number of likely N-dealkylation sites (tertiary alicyclic amines) is 1. The van der Waals surface area contributed by atoms with E-state index >= 15 is 0 Å². The molecule has 0 amide bonds. The summed E-state index contributed by atoms with van der Waals surface area (Å²) in [5.41, 5.74) is 8.38. The first kappa shape index (κ1) is 16.1. The number of hydrogen-bond acceptors (Lipinski definition) is 3. The van der Waals surface area contributed by atoms with Gasteiger partial charge in [-0.05, 0) is 61.2 Å². The zero-order valence-corrected chi connectivity index (χ0v) is 13.2. The second kappa shape index (κ2) is 7.66. The zero-order valence-electron chi connectivity index (χ0n) is 13.2. The number of nitrogens with zero attached hydrogens (tertiary/aromatic N) is 2. The minimum Gasteiger partial charge on any atom is -0.327 e. The van der Waals surface area contributed by atoms with Crippen molar-refractivity contribution in [3.63, 3.8) is 0 Å². The summed E-state index contributed by atoms with van der Waals surface area (Å²) in [7, 11) is 0. The fourth-order valence-corrected chi connectivity index (χ4v) is 3.22. The van der Waals surface area contributed by atoms with Crippen molar-refractivity contribution >= 4 is 0 Å². The highest BCUT2D eigenvalue weighted by Gasteiger charge is 2.20. The van der Waals surface area contributed by atoms with Crippen LogP contribution in [0.3, 0.4) is 0 Å². The maximum Gasteiger partial charge on any atom is 0.123 e. The van der Waals surface area contributed by atoms with E-state index in [9.17, 15) is 4.39 Å². The van der Waals surface area contributed by atoms with E-state index in [1.807, 2.05) is 36.7 Å². The van der Waals surface area contributed by atoms with Gasteiger partial charge in [0.1, 0.15) is 5.82 Å². The van der Waals surface area contributed by atoms with E-state index in [1.165, 1.54) is 17.7 Å². The molecular formula is C19H23FN3. The van der Waals surface area contributed by atoms with Crippen molar-refractivity contribution in [2.75, 3.05) is 13.1 Å². The van der Waals surface area contributed by atoms with Crippen LogP contribution < -0.4 is 5.73 Å². The Hall–Kier alpha value is -1.78. The molecule has 2 N–H and O–H groups in total. The molecule has 2 heterocycles. The van der Waals surface area contributed by atoms with Crippen molar-refractivity contribution in [2.24, 2.45) is 5.73 Å². The predicted molar refractivity (Wildman–Crippen MR) is 90.2 cm³/mol. The van der Waals surface area contributed by atoms with E-state index < -0.39 is 0 Å². The van der Waals surface area contributed by atoms with Gasteiger partial charge in [0.05, 0.1) is 0 Å². The van der Waals surface area contributed by atoms with E-state index in [-0.39, 0.29) is 17.8 Å². The van der Waals surface area contributed by atoms with Gasteiger partial charge in [-0.3, -0.25) is 9.88 Å². The molecule has 121 valence electrons. The standard InChI is InChI=1S/C19H23FN3/c20-17-5-3-15(4-6-17)19(16-7-10-22-11-8-16)9-13-23-12-1-2-18(21)14-23/h3-8,10-11,13,18-19H,1-2,9,12,14,21H2. The largest absolute Gasteiger partial charge is 0.327 e. The Morgan fingerprint density at radius 2 is 1.87 bits per heavy atom. The van der Waals surface area contributed by atoms with Crippen LogP contribution in [0.4, 0.5) is 4.39 Å². The van der Waals surface area contributed by atoms with Crippen molar-refractivity contribution in [1.82, 2.24) is 9.88 Å². The Balaban J connectivity index is 1.74. The third-order valence-corrected chi connectivity index (χ3v) is 4.47. The van der Waals surface area contributed by atoms with Crippen LogP contribution >= 0.6 is 0 Å². The van der Waals surface area contributed by atoms with Crippen LogP contribution in [0.1, 0.15) is 36.3 Å². The Morgan fingerprint density at radius 1 is 1.17 bits per heavy atom. The maximum absolute atomic E-state index is 13.2. The van der Waals surface area contributed by atoms with Crippen LogP contribution in [-0.4, -0.2) is 29.0 Å². The van der Waals surface area contributed by atoms with Gasteiger partial charge in [-0.2, -0.15) is 0 Å². The number of rotatable bonds is 5. The van der Waals surface area contributed by atoms with Crippen molar-refractivity contribution in [1.29, 1.82) is 0 Å². The molecule has 1 aromatic carbocycles. The monoisotopic (exact) mass is 312 g/mol. The van der Waals surface area contributed by atoms with Gasteiger partial charge in [-0.15, -0.1) is 0 Å². The van der Waals surface area contributed by atoms with Gasteiger partial charge in [0.15, 0.2) is 0 Å². The van der Waals surface area contributed by atoms with Gasteiger partial charge in [0, 0.05) is 37.4 Å². The minimum absolute atomic E-state index is 0.201.